The first-order valence-corrected chi connectivity index (χ1v) is 8.48. The van der Waals surface area contributed by atoms with Crippen LogP contribution in [0.2, 0.25) is 5.02 Å². The topological polar surface area (TPSA) is 54.2 Å². The van der Waals surface area contributed by atoms with Crippen molar-refractivity contribution in [3.8, 4) is 10.8 Å². The van der Waals surface area contributed by atoms with E-state index in [9.17, 15) is 0 Å². The fourth-order valence-corrected chi connectivity index (χ4v) is 3.83. The predicted octanol–water partition coefficient (Wildman–Crippen LogP) is 3.12. The lowest BCUT2D eigenvalue weighted by atomic mass is 10.1. The highest BCUT2D eigenvalue weighted by Gasteiger charge is 2.26. The number of nitrogens with one attached hydrogen (secondary N) is 1. The highest BCUT2D eigenvalue weighted by Crippen LogP contribution is 2.36. The Morgan fingerprint density at radius 1 is 1.48 bits per heavy atom. The number of nitrogens with zero attached hydrogens (tertiary/aromatic N) is 3. The normalized spacial score (nSPS) is 18.0. The average molecular weight is 327 g/mol. The Kier molecular flexibility index (Phi) is 4.59. The van der Waals surface area contributed by atoms with Gasteiger partial charge in [0, 0.05) is 26.2 Å². The van der Waals surface area contributed by atoms with Gasteiger partial charge in [-0.1, -0.05) is 23.7 Å². The van der Waals surface area contributed by atoms with Crippen molar-refractivity contribution in [2.75, 3.05) is 26.2 Å². The first kappa shape index (κ1) is 15.0. The van der Waals surface area contributed by atoms with Crippen molar-refractivity contribution in [3.05, 3.63) is 21.8 Å². The highest BCUT2D eigenvalue weighted by atomic mass is 35.5. The van der Waals surface area contributed by atoms with Gasteiger partial charge < -0.3 is 9.84 Å². The Morgan fingerprint density at radius 2 is 2.24 bits per heavy atom. The molecule has 7 heteroatoms. The number of piperazine rings is 1. The fourth-order valence-electron chi connectivity index (χ4n) is 2.63. The second kappa shape index (κ2) is 6.44. The van der Waals surface area contributed by atoms with Gasteiger partial charge in [-0.3, -0.25) is 4.90 Å². The molecule has 0 amide bonds. The monoisotopic (exact) mass is 326 g/mol. The van der Waals surface area contributed by atoms with Crippen LogP contribution >= 0.6 is 22.9 Å². The lowest BCUT2D eigenvalue weighted by molar-refractivity contribution is 0.160. The smallest absolute Gasteiger partial charge is 0.269 e. The van der Waals surface area contributed by atoms with E-state index in [0.717, 1.165) is 48.9 Å². The Morgan fingerprint density at radius 3 is 2.86 bits per heavy atom. The van der Waals surface area contributed by atoms with E-state index < -0.39 is 0 Å². The molecule has 21 heavy (non-hydrogen) atoms. The van der Waals surface area contributed by atoms with Crippen LogP contribution in [-0.4, -0.2) is 41.2 Å². The van der Waals surface area contributed by atoms with Crippen LogP contribution in [0, 0.1) is 6.92 Å². The maximum absolute atomic E-state index is 6.28. The molecule has 2 aromatic rings. The molecule has 3 rings (SSSR count). The zero-order chi connectivity index (χ0) is 14.8. The summed E-state index contributed by atoms with van der Waals surface area (Å²) in [6.45, 7) is 8.19. The minimum Gasteiger partial charge on any atom is -0.333 e. The Hall–Kier alpha value is -0.950. The van der Waals surface area contributed by atoms with Crippen LogP contribution in [0.15, 0.2) is 9.90 Å². The largest absolute Gasteiger partial charge is 0.333 e. The quantitative estimate of drug-likeness (QED) is 0.935. The van der Waals surface area contributed by atoms with Crippen molar-refractivity contribution in [2.45, 2.75) is 26.3 Å². The second-order valence-electron chi connectivity index (χ2n) is 5.23. The molecule has 1 saturated heterocycles. The number of aromatic nitrogens is 2. The SMILES string of the molecule is CCC(c1noc(-c2scc(C)c2Cl)n1)N1CCNCC1. The number of hydrogen-bond donors (Lipinski definition) is 1. The maximum atomic E-state index is 6.28. The van der Waals surface area contributed by atoms with Crippen LogP contribution in [0.1, 0.15) is 30.8 Å². The van der Waals surface area contributed by atoms with E-state index >= 15 is 0 Å². The van der Waals surface area contributed by atoms with Gasteiger partial charge in [-0.25, -0.2) is 0 Å². The number of aryl methyl sites for hydroxylation is 1. The first-order valence-electron chi connectivity index (χ1n) is 7.23. The summed E-state index contributed by atoms with van der Waals surface area (Å²) in [5, 5.41) is 10.3. The summed E-state index contributed by atoms with van der Waals surface area (Å²) >= 11 is 7.82. The molecular weight excluding hydrogens is 308 g/mol. The Labute approximate surface area is 133 Å². The number of thiophene rings is 1. The molecule has 114 valence electrons. The van der Waals surface area contributed by atoms with Crippen molar-refractivity contribution in [3.63, 3.8) is 0 Å². The standard InChI is InChI=1S/C14H19ClN4OS/c1-3-10(19-6-4-16-5-7-19)13-17-14(20-18-13)12-11(15)9(2)8-21-12/h8,10,16H,3-7H2,1-2H3. The molecule has 3 heterocycles. The molecule has 2 aromatic heterocycles. The number of halogens is 1. The Balaban J connectivity index is 1.84. The van der Waals surface area contributed by atoms with E-state index in [2.05, 4.69) is 27.3 Å². The van der Waals surface area contributed by atoms with E-state index in [0.29, 0.717) is 10.9 Å². The maximum Gasteiger partial charge on any atom is 0.269 e. The highest BCUT2D eigenvalue weighted by molar-refractivity contribution is 7.14. The molecule has 1 aliphatic rings. The third kappa shape index (κ3) is 2.99. The van der Waals surface area contributed by atoms with E-state index in [-0.39, 0.29) is 6.04 Å². The first-order chi connectivity index (χ1) is 10.2. The van der Waals surface area contributed by atoms with E-state index in [1.165, 1.54) is 0 Å². The van der Waals surface area contributed by atoms with Crippen molar-refractivity contribution < 1.29 is 4.52 Å². The molecule has 5 nitrogen and oxygen atoms in total. The summed E-state index contributed by atoms with van der Waals surface area (Å²) in [6, 6.07) is 0.212. The molecule has 1 unspecified atom stereocenters. The summed E-state index contributed by atoms with van der Waals surface area (Å²) < 4.78 is 5.44. The van der Waals surface area contributed by atoms with Gasteiger partial charge in [-0.05, 0) is 24.3 Å². The zero-order valence-electron chi connectivity index (χ0n) is 12.2. The summed E-state index contributed by atoms with van der Waals surface area (Å²) in [5.41, 5.74) is 1.05. The molecule has 1 N–H and O–H groups in total. The fraction of sp³-hybridized carbons (Fsp3) is 0.571. The van der Waals surface area contributed by atoms with Crippen molar-refractivity contribution in [2.24, 2.45) is 0 Å². The zero-order valence-corrected chi connectivity index (χ0v) is 13.8. The minimum atomic E-state index is 0.212. The van der Waals surface area contributed by atoms with Gasteiger partial charge in [0.15, 0.2) is 5.82 Å². The van der Waals surface area contributed by atoms with Gasteiger partial charge in [0.05, 0.1) is 11.1 Å². The van der Waals surface area contributed by atoms with Gasteiger partial charge in [0.25, 0.3) is 5.89 Å². The molecule has 0 aliphatic carbocycles. The second-order valence-corrected chi connectivity index (χ2v) is 6.49. The number of hydrogen-bond acceptors (Lipinski definition) is 6. The molecule has 0 saturated carbocycles. The van der Waals surface area contributed by atoms with Crippen LogP contribution < -0.4 is 5.32 Å². The molecule has 1 atom stereocenters. The predicted molar refractivity (Wildman–Crippen MR) is 84.8 cm³/mol. The summed E-state index contributed by atoms with van der Waals surface area (Å²) in [7, 11) is 0. The van der Waals surface area contributed by atoms with E-state index in [4.69, 9.17) is 16.1 Å². The Bertz CT molecular complexity index is 606. The lowest BCUT2D eigenvalue weighted by Crippen LogP contribution is -2.45. The molecule has 0 radical (unpaired) electrons. The van der Waals surface area contributed by atoms with Gasteiger partial charge in [0.1, 0.15) is 4.88 Å². The van der Waals surface area contributed by atoms with Crippen LogP contribution in [0.25, 0.3) is 10.8 Å². The van der Waals surface area contributed by atoms with Gasteiger partial charge >= 0.3 is 0 Å². The van der Waals surface area contributed by atoms with E-state index in [1.54, 1.807) is 11.3 Å². The summed E-state index contributed by atoms with van der Waals surface area (Å²) in [4.78, 5) is 7.86. The van der Waals surface area contributed by atoms with Crippen LogP contribution in [-0.2, 0) is 0 Å². The molecule has 1 fully saturated rings. The molecular formula is C14H19ClN4OS. The number of rotatable bonds is 4. The summed E-state index contributed by atoms with van der Waals surface area (Å²) in [5.74, 6) is 1.29. The molecule has 0 aromatic carbocycles. The molecule has 0 bridgehead atoms. The third-order valence-electron chi connectivity index (χ3n) is 3.81. The molecule has 1 aliphatic heterocycles. The van der Waals surface area contributed by atoms with Crippen molar-refractivity contribution in [1.29, 1.82) is 0 Å². The van der Waals surface area contributed by atoms with Crippen LogP contribution in [0.3, 0.4) is 0 Å². The van der Waals surface area contributed by atoms with Crippen LogP contribution in [0.4, 0.5) is 0 Å². The average Bonchev–Trinajstić information content (AvgIpc) is 3.10. The van der Waals surface area contributed by atoms with E-state index in [1.807, 2.05) is 12.3 Å². The minimum absolute atomic E-state index is 0.212. The third-order valence-corrected chi connectivity index (χ3v) is 5.50. The van der Waals surface area contributed by atoms with Gasteiger partial charge in [-0.2, -0.15) is 4.98 Å². The van der Waals surface area contributed by atoms with Crippen molar-refractivity contribution in [1.82, 2.24) is 20.4 Å². The lowest BCUT2D eigenvalue weighted by Gasteiger charge is -2.32. The van der Waals surface area contributed by atoms with Crippen molar-refractivity contribution >= 4 is 22.9 Å². The van der Waals surface area contributed by atoms with Crippen LogP contribution in [0.5, 0.6) is 0 Å². The van der Waals surface area contributed by atoms with Gasteiger partial charge in [-0.15, -0.1) is 11.3 Å². The summed E-state index contributed by atoms with van der Waals surface area (Å²) in [6.07, 6.45) is 0.968. The molecule has 0 spiro atoms. The van der Waals surface area contributed by atoms with Gasteiger partial charge in [0.2, 0.25) is 0 Å².